The molecular weight excluding hydrogens is 132 g/mol. The fourth-order valence-electron chi connectivity index (χ4n) is 1.57. The fraction of sp³-hybridized carbons (Fsp3) is 0.636. The van der Waals surface area contributed by atoms with Crippen LogP contribution in [0.4, 0.5) is 0 Å². The van der Waals surface area contributed by atoms with Gasteiger partial charge in [-0.2, -0.15) is 0 Å². The molecule has 0 heteroatoms. The zero-order valence-corrected chi connectivity index (χ0v) is 7.69. The van der Waals surface area contributed by atoms with Crippen molar-refractivity contribution in [3.05, 3.63) is 23.3 Å². The monoisotopic (exact) mass is 150 g/mol. The largest absolute Gasteiger partial charge is 0.0845 e. The zero-order chi connectivity index (χ0) is 8.10. The Bertz CT molecular complexity index is 172. The van der Waals surface area contributed by atoms with Crippen LogP contribution >= 0.6 is 0 Å². The van der Waals surface area contributed by atoms with E-state index in [0.717, 1.165) is 6.42 Å². The van der Waals surface area contributed by atoms with Gasteiger partial charge in [-0.3, -0.25) is 0 Å². The van der Waals surface area contributed by atoms with Gasteiger partial charge in [0, 0.05) is 0 Å². The molecule has 0 N–H and O–H groups in total. The Morgan fingerprint density at radius 2 is 2.00 bits per heavy atom. The van der Waals surface area contributed by atoms with Crippen molar-refractivity contribution in [2.24, 2.45) is 0 Å². The van der Waals surface area contributed by atoms with Gasteiger partial charge in [0.05, 0.1) is 0 Å². The van der Waals surface area contributed by atoms with Gasteiger partial charge in [-0.05, 0) is 44.6 Å². The molecule has 11 heavy (non-hydrogen) atoms. The van der Waals surface area contributed by atoms with Gasteiger partial charge in [0.25, 0.3) is 0 Å². The molecule has 0 atom stereocenters. The van der Waals surface area contributed by atoms with Crippen molar-refractivity contribution < 1.29 is 0 Å². The van der Waals surface area contributed by atoms with Crippen molar-refractivity contribution in [1.29, 1.82) is 0 Å². The highest BCUT2D eigenvalue weighted by atomic mass is 14.1. The minimum Gasteiger partial charge on any atom is -0.0845 e. The highest BCUT2D eigenvalue weighted by Crippen LogP contribution is 2.24. The lowest BCUT2D eigenvalue weighted by atomic mass is 9.92. The fourth-order valence-corrected chi connectivity index (χ4v) is 1.57. The molecule has 0 amide bonds. The molecule has 0 aromatic carbocycles. The Kier molecular flexibility index (Phi) is 3.41. The number of rotatable bonds is 2. The number of hydrogen-bond donors (Lipinski definition) is 0. The van der Waals surface area contributed by atoms with Crippen molar-refractivity contribution in [1.82, 2.24) is 0 Å². The van der Waals surface area contributed by atoms with Crippen LogP contribution in [-0.2, 0) is 0 Å². The summed E-state index contributed by atoms with van der Waals surface area (Å²) in [4.78, 5) is 0. The quantitative estimate of drug-likeness (QED) is 0.561. The molecule has 1 aliphatic rings. The minimum atomic E-state index is 1.16. The van der Waals surface area contributed by atoms with E-state index < -0.39 is 0 Å². The predicted octanol–water partition coefficient (Wildman–Crippen LogP) is 3.84. The predicted molar refractivity (Wildman–Crippen MR) is 50.6 cm³/mol. The molecule has 0 heterocycles. The average Bonchev–Trinajstić information content (AvgIpc) is 2.03. The number of hydrogen-bond acceptors (Lipinski definition) is 0. The molecule has 0 spiro atoms. The Morgan fingerprint density at radius 1 is 1.27 bits per heavy atom. The van der Waals surface area contributed by atoms with Crippen molar-refractivity contribution in [3.63, 3.8) is 0 Å². The molecule has 0 radical (unpaired) electrons. The Balaban J connectivity index is 2.59. The molecule has 0 fully saturated rings. The summed E-state index contributed by atoms with van der Waals surface area (Å²) in [7, 11) is 0. The smallest absolute Gasteiger partial charge is 0.0279 e. The highest BCUT2D eigenvalue weighted by molar-refractivity contribution is 5.26. The van der Waals surface area contributed by atoms with Crippen LogP contribution < -0.4 is 0 Å². The van der Waals surface area contributed by atoms with Crippen LogP contribution in [0, 0.1) is 0 Å². The molecule has 0 unspecified atom stereocenters. The lowest BCUT2D eigenvalue weighted by Gasteiger charge is -2.14. The van der Waals surface area contributed by atoms with E-state index in [1.807, 2.05) is 0 Å². The summed E-state index contributed by atoms with van der Waals surface area (Å²) < 4.78 is 0. The Labute approximate surface area is 70.0 Å². The summed E-state index contributed by atoms with van der Waals surface area (Å²) in [6.45, 7) is 4.46. The van der Waals surface area contributed by atoms with Gasteiger partial charge in [-0.25, -0.2) is 0 Å². The van der Waals surface area contributed by atoms with Crippen LogP contribution in [0.3, 0.4) is 0 Å². The summed E-state index contributed by atoms with van der Waals surface area (Å²) in [6, 6.07) is 0. The third-order valence-electron chi connectivity index (χ3n) is 2.35. The van der Waals surface area contributed by atoms with E-state index in [-0.39, 0.29) is 0 Å². The van der Waals surface area contributed by atoms with E-state index in [4.69, 9.17) is 0 Å². The maximum Gasteiger partial charge on any atom is -0.0279 e. The van der Waals surface area contributed by atoms with Crippen LogP contribution in [-0.4, -0.2) is 0 Å². The second kappa shape index (κ2) is 4.38. The van der Waals surface area contributed by atoms with Crippen LogP contribution in [0.2, 0.25) is 0 Å². The molecule has 0 aliphatic heterocycles. The lowest BCUT2D eigenvalue weighted by molar-refractivity contribution is 0.682. The van der Waals surface area contributed by atoms with Crippen LogP contribution in [0.25, 0.3) is 0 Å². The van der Waals surface area contributed by atoms with E-state index in [2.05, 4.69) is 26.0 Å². The van der Waals surface area contributed by atoms with Gasteiger partial charge in [0.15, 0.2) is 0 Å². The van der Waals surface area contributed by atoms with E-state index in [1.165, 1.54) is 25.7 Å². The third kappa shape index (κ3) is 2.53. The van der Waals surface area contributed by atoms with Gasteiger partial charge < -0.3 is 0 Å². The summed E-state index contributed by atoms with van der Waals surface area (Å²) in [5.74, 6) is 0. The molecule has 1 aliphatic carbocycles. The van der Waals surface area contributed by atoms with Gasteiger partial charge in [-0.1, -0.05) is 24.6 Å². The molecule has 0 aromatic heterocycles. The van der Waals surface area contributed by atoms with Gasteiger partial charge >= 0.3 is 0 Å². The van der Waals surface area contributed by atoms with E-state index in [1.54, 1.807) is 11.1 Å². The van der Waals surface area contributed by atoms with Crippen molar-refractivity contribution in [3.8, 4) is 0 Å². The second-order valence-electron chi connectivity index (χ2n) is 3.32. The molecule has 0 saturated heterocycles. The molecule has 0 aromatic rings. The zero-order valence-electron chi connectivity index (χ0n) is 7.69. The second-order valence-corrected chi connectivity index (χ2v) is 3.32. The summed E-state index contributed by atoms with van der Waals surface area (Å²) >= 11 is 0. The van der Waals surface area contributed by atoms with Crippen LogP contribution in [0.1, 0.15) is 46.0 Å². The first-order chi connectivity index (χ1) is 5.34. The highest BCUT2D eigenvalue weighted by Gasteiger charge is 2.05. The summed E-state index contributed by atoms with van der Waals surface area (Å²) in [5, 5.41) is 0. The SMILES string of the molecule is CCC=CC1=C(C)CCCC1. The maximum atomic E-state index is 2.31. The molecule has 0 bridgehead atoms. The standard InChI is InChI=1S/C11H18/c1-3-4-8-11-9-6-5-7-10(11)2/h4,8H,3,5-7,9H2,1-2H3. The first kappa shape index (κ1) is 8.58. The van der Waals surface area contributed by atoms with Gasteiger partial charge in [0.2, 0.25) is 0 Å². The number of allylic oxidation sites excluding steroid dienone is 4. The van der Waals surface area contributed by atoms with Crippen molar-refractivity contribution in [2.45, 2.75) is 46.0 Å². The van der Waals surface area contributed by atoms with Gasteiger partial charge in [-0.15, -0.1) is 0 Å². The Morgan fingerprint density at radius 3 is 2.64 bits per heavy atom. The first-order valence-electron chi connectivity index (χ1n) is 4.69. The topological polar surface area (TPSA) is 0 Å². The molecule has 1 rings (SSSR count). The third-order valence-corrected chi connectivity index (χ3v) is 2.35. The average molecular weight is 150 g/mol. The van der Waals surface area contributed by atoms with Crippen LogP contribution in [0.5, 0.6) is 0 Å². The van der Waals surface area contributed by atoms with Crippen molar-refractivity contribution in [2.75, 3.05) is 0 Å². The van der Waals surface area contributed by atoms with Crippen LogP contribution in [0.15, 0.2) is 23.3 Å². The molecular formula is C11H18. The lowest BCUT2D eigenvalue weighted by Crippen LogP contribution is -1.94. The van der Waals surface area contributed by atoms with Gasteiger partial charge in [0.1, 0.15) is 0 Å². The molecule has 0 saturated carbocycles. The first-order valence-corrected chi connectivity index (χ1v) is 4.69. The normalized spacial score (nSPS) is 19.8. The van der Waals surface area contributed by atoms with E-state index in [0.29, 0.717) is 0 Å². The van der Waals surface area contributed by atoms with E-state index in [9.17, 15) is 0 Å². The van der Waals surface area contributed by atoms with Crippen molar-refractivity contribution >= 4 is 0 Å². The van der Waals surface area contributed by atoms with E-state index >= 15 is 0 Å². The molecule has 0 nitrogen and oxygen atoms in total. The Hall–Kier alpha value is -0.520. The minimum absolute atomic E-state index is 1.16. The molecule has 62 valence electrons. The summed E-state index contributed by atoms with van der Waals surface area (Å²) in [6.07, 6.45) is 11.2. The maximum absolute atomic E-state index is 2.31. The summed E-state index contributed by atoms with van der Waals surface area (Å²) in [5.41, 5.74) is 3.21.